The molecule has 0 saturated carbocycles. The number of urea groups is 1. The number of carboxylic acid groups (broad SMARTS) is 1. The zero-order valence-electron chi connectivity index (χ0n) is 9.84. The number of aromatic nitrogens is 2. The molecule has 1 aromatic heterocycles. The first-order chi connectivity index (χ1) is 8.61. The van der Waals surface area contributed by atoms with Gasteiger partial charge in [0.2, 0.25) is 5.88 Å². The fraction of sp³-hybridized carbons (Fsp3) is 0.400. The zero-order valence-corrected chi connectivity index (χ0v) is 9.84. The molecule has 0 aliphatic heterocycles. The molecule has 18 heavy (non-hydrogen) atoms. The van der Waals surface area contributed by atoms with Crippen molar-refractivity contribution in [2.75, 3.05) is 19.0 Å². The molecule has 0 unspecified atom stereocenters. The molecule has 0 aliphatic rings. The average molecular weight is 254 g/mol. The Morgan fingerprint density at radius 3 is 2.89 bits per heavy atom. The van der Waals surface area contributed by atoms with Gasteiger partial charge in [-0.05, 0) is 6.42 Å². The number of carboxylic acids is 1. The highest BCUT2D eigenvalue weighted by atomic mass is 16.5. The van der Waals surface area contributed by atoms with Crippen LogP contribution in [0, 0.1) is 0 Å². The molecule has 0 radical (unpaired) electrons. The second-order valence-electron chi connectivity index (χ2n) is 3.32. The fourth-order valence-electron chi connectivity index (χ4n) is 1.12. The van der Waals surface area contributed by atoms with Gasteiger partial charge in [0.1, 0.15) is 12.1 Å². The number of methoxy groups -OCH3 is 1. The molecular formula is C10H14N4O4. The first-order valence-electron chi connectivity index (χ1n) is 5.24. The van der Waals surface area contributed by atoms with Crippen LogP contribution in [-0.4, -0.2) is 40.7 Å². The Labute approximate surface area is 103 Å². The molecule has 1 heterocycles. The van der Waals surface area contributed by atoms with E-state index in [0.29, 0.717) is 18.1 Å². The van der Waals surface area contributed by atoms with Crippen molar-refractivity contribution in [1.29, 1.82) is 0 Å². The van der Waals surface area contributed by atoms with Crippen molar-refractivity contribution >= 4 is 17.8 Å². The predicted molar refractivity (Wildman–Crippen MR) is 62.5 cm³/mol. The monoisotopic (exact) mass is 254 g/mol. The highest BCUT2D eigenvalue weighted by Gasteiger charge is 2.04. The largest absolute Gasteiger partial charge is 0.481 e. The summed E-state index contributed by atoms with van der Waals surface area (Å²) < 4.78 is 4.87. The zero-order chi connectivity index (χ0) is 13.4. The minimum Gasteiger partial charge on any atom is -0.481 e. The molecule has 1 rings (SSSR count). The lowest BCUT2D eigenvalue weighted by Crippen LogP contribution is -2.30. The SMILES string of the molecule is COc1cc(NC(=O)NCCCC(=O)O)ncn1. The fourth-order valence-corrected chi connectivity index (χ4v) is 1.12. The van der Waals surface area contributed by atoms with E-state index >= 15 is 0 Å². The van der Waals surface area contributed by atoms with Gasteiger partial charge in [-0.3, -0.25) is 10.1 Å². The molecule has 0 fully saturated rings. The quantitative estimate of drug-likeness (QED) is 0.636. The van der Waals surface area contributed by atoms with Gasteiger partial charge in [-0.1, -0.05) is 0 Å². The van der Waals surface area contributed by atoms with E-state index in [0.717, 1.165) is 0 Å². The van der Waals surface area contributed by atoms with Gasteiger partial charge in [0.15, 0.2) is 0 Å². The number of rotatable bonds is 6. The van der Waals surface area contributed by atoms with Crippen LogP contribution in [0.2, 0.25) is 0 Å². The molecule has 0 spiro atoms. The van der Waals surface area contributed by atoms with Crippen LogP contribution < -0.4 is 15.4 Å². The molecule has 0 atom stereocenters. The summed E-state index contributed by atoms with van der Waals surface area (Å²) in [5.74, 6) is -0.249. The maximum absolute atomic E-state index is 11.4. The normalized spacial score (nSPS) is 9.61. The molecule has 2 amide bonds. The van der Waals surface area contributed by atoms with E-state index in [4.69, 9.17) is 9.84 Å². The Hall–Kier alpha value is -2.38. The highest BCUT2D eigenvalue weighted by molar-refractivity contribution is 5.88. The van der Waals surface area contributed by atoms with Crippen LogP contribution in [-0.2, 0) is 4.79 Å². The Morgan fingerprint density at radius 2 is 2.22 bits per heavy atom. The van der Waals surface area contributed by atoms with Crippen LogP contribution >= 0.6 is 0 Å². The standard InChI is InChI=1S/C10H14N4O4/c1-18-8-5-7(12-6-13-8)14-10(17)11-4-2-3-9(15)16/h5-6H,2-4H2,1H3,(H,15,16)(H2,11,12,13,14,17). The number of nitrogens with one attached hydrogen (secondary N) is 2. The Morgan fingerprint density at radius 1 is 1.44 bits per heavy atom. The summed E-state index contributed by atoms with van der Waals surface area (Å²) in [4.78, 5) is 29.2. The van der Waals surface area contributed by atoms with E-state index in [1.165, 1.54) is 19.5 Å². The van der Waals surface area contributed by atoms with E-state index in [9.17, 15) is 9.59 Å². The molecular weight excluding hydrogens is 240 g/mol. The van der Waals surface area contributed by atoms with E-state index in [-0.39, 0.29) is 13.0 Å². The number of anilines is 1. The van der Waals surface area contributed by atoms with Crippen molar-refractivity contribution in [3.05, 3.63) is 12.4 Å². The maximum Gasteiger partial charge on any atom is 0.320 e. The van der Waals surface area contributed by atoms with Crippen LogP contribution in [0.15, 0.2) is 12.4 Å². The molecule has 3 N–H and O–H groups in total. The first-order valence-corrected chi connectivity index (χ1v) is 5.24. The van der Waals surface area contributed by atoms with Crippen LogP contribution in [0.5, 0.6) is 5.88 Å². The van der Waals surface area contributed by atoms with Crippen LogP contribution in [0.25, 0.3) is 0 Å². The summed E-state index contributed by atoms with van der Waals surface area (Å²) >= 11 is 0. The smallest absolute Gasteiger partial charge is 0.320 e. The van der Waals surface area contributed by atoms with Crippen LogP contribution in [0.1, 0.15) is 12.8 Å². The maximum atomic E-state index is 11.4. The summed E-state index contributed by atoms with van der Waals surface area (Å²) in [5, 5.41) is 13.4. The molecule has 0 saturated heterocycles. The van der Waals surface area contributed by atoms with Crippen LogP contribution in [0.3, 0.4) is 0 Å². The van der Waals surface area contributed by atoms with E-state index < -0.39 is 12.0 Å². The number of ether oxygens (including phenoxy) is 1. The average Bonchev–Trinajstić information content (AvgIpc) is 2.34. The Kier molecular flexibility index (Phi) is 5.36. The number of hydrogen-bond acceptors (Lipinski definition) is 5. The van der Waals surface area contributed by atoms with E-state index in [1.807, 2.05) is 0 Å². The van der Waals surface area contributed by atoms with Crippen LogP contribution in [0.4, 0.5) is 10.6 Å². The van der Waals surface area contributed by atoms with Gasteiger partial charge in [-0.15, -0.1) is 0 Å². The van der Waals surface area contributed by atoms with Crippen molar-refractivity contribution in [1.82, 2.24) is 15.3 Å². The third-order valence-electron chi connectivity index (χ3n) is 1.95. The number of aliphatic carboxylic acids is 1. The van der Waals surface area contributed by atoms with Gasteiger partial charge < -0.3 is 15.2 Å². The van der Waals surface area contributed by atoms with Gasteiger partial charge in [-0.2, -0.15) is 0 Å². The summed E-state index contributed by atoms with van der Waals surface area (Å²) in [6.45, 7) is 0.278. The predicted octanol–water partition coefficient (Wildman–Crippen LogP) is 0.471. The van der Waals surface area contributed by atoms with Gasteiger partial charge >= 0.3 is 12.0 Å². The van der Waals surface area contributed by atoms with Gasteiger partial charge in [0, 0.05) is 19.0 Å². The lowest BCUT2D eigenvalue weighted by molar-refractivity contribution is -0.137. The summed E-state index contributed by atoms with van der Waals surface area (Å²) in [5.41, 5.74) is 0. The molecule has 0 aromatic carbocycles. The van der Waals surface area contributed by atoms with Gasteiger partial charge in [0.25, 0.3) is 0 Å². The third-order valence-corrected chi connectivity index (χ3v) is 1.95. The molecule has 98 valence electrons. The minimum atomic E-state index is -0.891. The summed E-state index contributed by atoms with van der Waals surface area (Å²) in [7, 11) is 1.46. The molecule has 0 bridgehead atoms. The second-order valence-corrected chi connectivity index (χ2v) is 3.32. The number of carbonyl (C=O) groups excluding carboxylic acids is 1. The van der Waals surface area contributed by atoms with Gasteiger partial charge in [0.05, 0.1) is 7.11 Å². The minimum absolute atomic E-state index is 0.0155. The third kappa shape index (κ3) is 5.10. The number of amides is 2. The highest BCUT2D eigenvalue weighted by Crippen LogP contribution is 2.09. The molecule has 1 aromatic rings. The molecule has 0 aliphatic carbocycles. The summed E-state index contributed by atoms with van der Waals surface area (Å²) in [6.07, 6.45) is 1.65. The number of nitrogens with zero attached hydrogens (tertiary/aromatic N) is 2. The number of carbonyl (C=O) groups is 2. The van der Waals surface area contributed by atoms with Crippen molar-refractivity contribution in [2.45, 2.75) is 12.8 Å². The van der Waals surface area contributed by atoms with Crippen molar-refractivity contribution in [3.8, 4) is 5.88 Å². The van der Waals surface area contributed by atoms with Crippen molar-refractivity contribution < 1.29 is 19.4 Å². The Bertz CT molecular complexity index is 424. The lowest BCUT2D eigenvalue weighted by Gasteiger charge is -2.06. The second kappa shape index (κ2) is 7.05. The van der Waals surface area contributed by atoms with Crippen molar-refractivity contribution in [2.24, 2.45) is 0 Å². The van der Waals surface area contributed by atoms with Crippen molar-refractivity contribution in [3.63, 3.8) is 0 Å². The molecule has 8 heteroatoms. The topological polar surface area (TPSA) is 113 Å². The van der Waals surface area contributed by atoms with E-state index in [1.54, 1.807) is 0 Å². The van der Waals surface area contributed by atoms with E-state index in [2.05, 4.69) is 20.6 Å². The lowest BCUT2D eigenvalue weighted by atomic mass is 10.3. The first kappa shape index (κ1) is 13.7. The summed E-state index contributed by atoms with van der Waals surface area (Å²) in [6, 6.07) is 1.01. The number of hydrogen-bond donors (Lipinski definition) is 3. The van der Waals surface area contributed by atoms with Gasteiger partial charge in [-0.25, -0.2) is 14.8 Å². The molecule has 8 nitrogen and oxygen atoms in total. The Balaban J connectivity index is 2.33.